The van der Waals surface area contributed by atoms with Crippen LogP contribution in [-0.4, -0.2) is 41.5 Å². The molecule has 0 aromatic heterocycles. The van der Waals surface area contributed by atoms with Gasteiger partial charge >= 0.3 is 0 Å². The predicted octanol–water partition coefficient (Wildman–Crippen LogP) is 3.75. The maximum atomic E-state index is 14.0. The van der Waals surface area contributed by atoms with Crippen molar-refractivity contribution in [2.75, 3.05) is 19.7 Å². The third-order valence-electron chi connectivity index (χ3n) is 3.99. The molecule has 3 rings (SSSR count). The van der Waals surface area contributed by atoms with Crippen LogP contribution < -0.4 is 0 Å². The summed E-state index contributed by atoms with van der Waals surface area (Å²) in [6.07, 6.45) is -0.103. The van der Waals surface area contributed by atoms with Crippen molar-refractivity contribution in [3.63, 3.8) is 0 Å². The molecule has 1 atom stereocenters. The van der Waals surface area contributed by atoms with Gasteiger partial charge in [-0.2, -0.15) is 0 Å². The molecule has 1 saturated heterocycles. The highest BCUT2D eigenvalue weighted by Crippen LogP contribution is 2.34. The van der Waals surface area contributed by atoms with Gasteiger partial charge in [-0.05, 0) is 25.1 Å². The van der Waals surface area contributed by atoms with Gasteiger partial charge in [-0.15, -0.1) is 0 Å². The minimum Gasteiger partial charge on any atom is -0.375 e. The first-order valence-electron chi connectivity index (χ1n) is 8.07. The van der Waals surface area contributed by atoms with Crippen molar-refractivity contribution in [2.45, 2.75) is 22.8 Å². The van der Waals surface area contributed by atoms with Crippen molar-refractivity contribution in [2.24, 2.45) is 0 Å². The summed E-state index contributed by atoms with van der Waals surface area (Å²) in [7, 11) is 0. The van der Waals surface area contributed by atoms with Crippen molar-refractivity contribution in [3.05, 3.63) is 64.0 Å². The number of morpholine rings is 1. The van der Waals surface area contributed by atoms with Gasteiger partial charge < -0.3 is 9.64 Å². The summed E-state index contributed by atoms with van der Waals surface area (Å²) in [5.74, 6) is -0.725. The van der Waals surface area contributed by atoms with Gasteiger partial charge in [0.1, 0.15) is 5.82 Å². The van der Waals surface area contributed by atoms with Crippen molar-refractivity contribution < 1.29 is 18.8 Å². The van der Waals surface area contributed by atoms with Gasteiger partial charge in [0.25, 0.3) is 11.6 Å². The number of benzene rings is 2. The minimum absolute atomic E-state index is 0.103. The molecule has 1 amide bonds. The molecule has 1 unspecified atom stereocenters. The van der Waals surface area contributed by atoms with Crippen LogP contribution in [0.25, 0.3) is 0 Å². The molecule has 8 heteroatoms. The number of non-ortho nitro benzene ring substituents is 1. The van der Waals surface area contributed by atoms with Crippen LogP contribution in [0.4, 0.5) is 10.1 Å². The lowest BCUT2D eigenvalue weighted by molar-refractivity contribution is -0.384. The molecule has 1 aliphatic heterocycles. The molecule has 6 nitrogen and oxygen atoms in total. The van der Waals surface area contributed by atoms with Gasteiger partial charge in [-0.1, -0.05) is 23.9 Å². The van der Waals surface area contributed by atoms with Crippen molar-refractivity contribution >= 4 is 23.4 Å². The summed E-state index contributed by atoms with van der Waals surface area (Å²) < 4.78 is 19.4. The van der Waals surface area contributed by atoms with Crippen LogP contribution in [0.15, 0.2) is 52.3 Å². The number of amides is 1. The highest BCUT2D eigenvalue weighted by atomic mass is 32.2. The fourth-order valence-corrected chi connectivity index (χ4v) is 3.65. The van der Waals surface area contributed by atoms with Crippen LogP contribution >= 0.6 is 11.8 Å². The van der Waals surface area contributed by atoms with E-state index in [-0.39, 0.29) is 23.3 Å². The zero-order valence-electron chi connectivity index (χ0n) is 14.1. The normalized spacial score (nSPS) is 17.2. The van der Waals surface area contributed by atoms with E-state index in [2.05, 4.69) is 0 Å². The second-order valence-corrected chi connectivity index (χ2v) is 6.99. The number of hydrogen-bond donors (Lipinski definition) is 0. The predicted molar refractivity (Wildman–Crippen MR) is 94.9 cm³/mol. The highest BCUT2D eigenvalue weighted by molar-refractivity contribution is 7.99. The fourth-order valence-electron chi connectivity index (χ4n) is 2.71. The fraction of sp³-hybridized carbons (Fsp3) is 0.278. The third-order valence-corrected chi connectivity index (χ3v) is 5.12. The Bertz CT molecular complexity index is 846. The topological polar surface area (TPSA) is 72.7 Å². The summed E-state index contributed by atoms with van der Waals surface area (Å²) in [5, 5.41) is 11.1. The van der Waals surface area contributed by atoms with Gasteiger partial charge in [0, 0.05) is 35.0 Å². The van der Waals surface area contributed by atoms with E-state index in [1.807, 2.05) is 6.92 Å². The van der Waals surface area contributed by atoms with Crippen LogP contribution in [0.2, 0.25) is 0 Å². The molecule has 0 radical (unpaired) electrons. The Kier molecular flexibility index (Phi) is 5.53. The molecular formula is C18H17FN2O4S. The molecule has 0 N–H and O–H groups in total. The number of halogens is 1. The van der Waals surface area contributed by atoms with E-state index in [1.165, 1.54) is 24.3 Å². The third kappa shape index (κ3) is 4.03. The summed E-state index contributed by atoms with van der Waals surface area (Å²) in [5.41, 5.74) is 0.0223. The maximum Gasteiger partial charge on any atom is 0.270 e. The van der Waals surface area contributed by atoms with Crippen molar-refractivity contribution in [1.29, 1.82) is 0 Å². The molecule has 26 heavy (non-hydrogen) atoms. The number of carbonyl (C=O) groups is 1. The first-order chi connectivity index (χ1) is 12.5. The maximum absolute atomic E-state index is 14.0. The standard InChI is InChI=1S/C18H17FN2O4S/c1-12-11-20(8-9-25-12)18(22)14-10-13(21(23)24)6-7-16(14)26-17-5-3-2-4-15(17)19/h2-7,10,12H,8-9,11H2,1H3. The number of rotatable bonds is 4. The summed E-state index contributed by atoms with van der Waals surface area (Å²) in [6.45, 7) is 3.10. The number of nitrogens with zero attached hydrogens (tertiary/aromatic N) is 2. The monoisotopic (exact) mass is 376 g/mol. The lowest BCUT2D eigenvalue weighted by atomic mass is 10.1. The summed E-state index contributed by atoms with van der Waals surface area (Å²) >= 11 is 1.08. The average Bonchev–Trinajstić information content (AvgIpc) is 2.63. The summed E-state index contributed by atoms with van der Waals surface area (Å²) in [6, 6.07) is 10.3. The van der Waals surface area contributed by atoms with E-state index in [0.29, 0.717) is 29.5 Å². The molecule has 0 spiro atoms. The van der Waals surface area contributed by atoms with Gasteiger partial charge in [-0.3, -0.25) is 14.9 Å². The molecule has 1 aliphatic rings. The lowest BCUT2D eigenvalue weighted by Gasteiger charge is -2.31. The molecule has 1 fully saturated rings. The molecule has 0 aliphatic carbocycles. The Morgan fingerprint density at radius 3 is 2.77 bits per heavy atom. The lowest BCUT2D eigenvalue weighted by Crippen LogP contribution is -2.44. The number of nitro benzene ring substituents is 1. The Morgan fingerprint density at radius 1 is 1.31 bits per heavy atom. The van der Waals surface area contributed by atoms with Gasteiger partial charge in [0.05, 0.1) is 23.2 Å². The van der Waals surface area contributed by atoms with E-state index >= 15 is 0 Å². The number of nitro groups is 1. The largest absolute Gasteiger partial charge is 0.375 e. The van der Waals surface area contributed by atoms with Gasteiger partial charge in [0.15, 0.2) is 0 Å². The number of ether oxygens (including phenoxy) is 1. The Balaban J connectivity index is 1.97. The van der Waals surface area contributed by atoms with Crippen LogP contribution in [0, 0.1) is 15.9 Å². The van der Waals surface area contributed by atoms with Gasteiger partial charge in [0.2, 0.25) is 0 Å². The molecule has 2 aromatic carbocycles. The Morgan fingerprint density at radius 2 is 2.08 bits per heavy atom. The molecule has 0 bridgehead atoms. The van der Waals surface area contributed by atoms with Crippen LogP contribution in [0.5, 0.6) is 0 Å². The minimum atomic E-state index is -0.545. The SMILES string of the molecule is CC1CN(C(=O)c2cc([N+](=O)[O-])ccc2Sc2ccccc2F)CCO1. The van der Waals surface area contributed by atoms with Crippen molar-refractivity contribution in [3.8, 4) is 0 Å². The van der Waals surface area contributed by atoms with Crippen LogP contribution in [0.1, 0.15) is 17.3 Å². The van der Waals surface area contributed by atoms with E-state index in [4.69, 9.17) is 4.74 Å². The van der Waals surface area contributed by atoms with E-state index in [9.17, 15) is 19.3 Å². The molecule has 1 heterocycles. The number of hydrogen-bond acceptors (Lipinski definition) is 5. The molecular weight excluding hydrogens is 359 g/mol. The van der Waals surface area contributed by atoms with E-state index < -0.39 is 10.7 Å². The van der Waals surface area contributed by atoms with Gasteiger partial charge in [-0.25, -0.2) is 4.39 Å². The van der Waals surface area contributed by atoms with Crippen molar-refractivity contribution in [1.82, 2.24) is 4.90 Å². The zero-order valence-corrected chi connectivity index (χ0v) is 14.9. The van der Waals surface area contributed by atoms with Crippen LogP contribution in [-0.2, 0) is 4.74 Å². The molecule has 0 saturated carbocycles. The van der Waals surface area contributed by atoms with E-state index in [1.54, 1.807) is 23.1 Å². The van der Waals surface area contributed by atoms with Crippen LogP contribution in [0.3, 0.4) is 0 Å². The number of carbonyl (C=O) groups excluding carboxylic acids is 1. The summed E-state index contributed by atoms with van der Waals surface area (Å²) in [4.78, 5) is 26.0. The first kappa shape index (κ1) is 18.3. The molecule has 136 valence electrons. The second kappa shape index (κ2) is 7.84. The first-order valence-corrected chi connectivity index (χ1v) is 8.89. The second-order valence-electron chi connectivity index (χ2n) is 5.90. The quantitative estimate of drug-likeness (QED) is 0.600. The Hall–Kier alpha value is -2.45. The average molecular weight is 376 g/mol. The molecule has 2 aromatic rings. The Labute approximate surface area is 154 Å². The zero-order chi connectivity index (χ0) is 18.7. The highest BCUT2D eigenvalue weighted by Gasteiger charge is 2.26. The van der Waals surface area contributed by atoms with E-state index in [0.717, 1.165) is 11.8 Å². The smallest absolute Gasteiger partial charge is 0.270 e.